The van der Waals surface area contributed by atoms with E-state index in [-0.39, 0.29) is 18.2 Å². The molecular formula is C28H29Cl2N7O2S. The summed E-state index contributed by atoms with van der Waals surface area (Å²) in [5.74, 6) is 1.53. The van der Waals surface area contributed by atoms with E-state index in [4.69, 9.17) is 22.3 Å². The van der Waals surface area contributed by atoms with Crippen molar-refractivity contribution in [3.63, 3.8) is 0 Å². The number of fused-ring (bicyclic) bond motifs is 1. The van der Waals surface area contributed by atoms with E-state index in [1.54, 1.807) is 18.3 Å². The molecule has 0 aliphatic heterocycles. The van der Waals surface area contributed by atoms with Gasteiger partial charge in [-0.3, -0.25) is 0 Å². The highest BCUT2D eigenvalue weighted by molar-refractivity contribution is 7.89. The first-order chi connectivity index (χ1) is 18.6. The minimum absolute atomic E-state index is 0. The second-order valence-corrected chi connectivity index (χ2v) is 12.0. The quantitative estimate of drug-likeness (QED) is 0.235. The maximum atomic E-state index is 11.6. The Bertz CT molecular complexity index is 1760. The number of rotatable bonds is 8. The third-order valence-corrected chi connectivity index (χ3v) is 7.56. The number of sulfone groups is 1. The normalized spacial score (nSPS) is 11.3. The van der Waals surface area contributed by atoms with E-state index in [0.29, 0.717) is 29.2 Å². The van der Waals surface area contributed by atoms with Gasteiger partial charge in [0.15, 0.2) is 9.84 Å². The average molecular weight is 599 g/mol. The molecule has 0 spiro atoms. The number of nitrogen functional groups attached to an aromatic ring is 1. The number of halogens is 2. The van der Waals surface area contributed by atoms with Gasteiger partial charge in [-0.1, -0.05) is 35.9 Å². The van der Waals surface area contributed by atoms with Crippen LogP contribution in [0, 0.1) is 0 Å². The number of imidazole rings is 1. The summed E-state index contributed by atoms with van der Waals surface area (Å²) in [5, 5.41) is 3.88. The highest BCUT2D eigenvalue weighted by Gasteiger charge is 2.19. The molecule has 5 rings (SSSR count). The van der Waals surface area contributed by atoms with Crippen LogP contribution < -0.4 is 16.0 Å². The van der Waals surface area contributed by atoms with E-state index in [9.17, 15) is 8.42 Å². The molecule has 3 N–H and O–H groups in total. The molecule has 0 aliphatic carbocycles. The molecule has 208 valence electrons. The fourth-order valence-corrected chi connectivity index (χ4v) is 5.38. The molecule has 0 amide bonds. The first-order valence-corrected chi connectivity index (χ1v) is 14.6. The van der Waals surface area contributed by atoms with Gasteiger partial charge in [-0.05, 0) is 53.6 Å². The standard InChI is InChI=1S/C28H28ClN7O2S.ClH/c1-35(25-14-15-31-28(33-25)32-21-10-6-19(7-11-21)17-39(3,37)38)23-12-13-24-26(34-27(30)36(24)2)22(23)16-18-4-8-20(29)9-5-18;/h4-15H,16-17H2,1-3H3,(H2,30,34)(H,31,32,33);1H. The average Bonchev–Trinajstić information content (AvgIpc) is 3.19. The number of anilines is 5. The maximum Gasteiger partial charge on any atom is 0.229 e. The topological polar surface area (TPSA) is 119 Å². The van der Waals surface area contributed by atoms with Crippen LogP contribution in [0.25, 0.3) is 11.0 Å². The third kappa shape index (κ3) is 6.47. The summed E-state index contributed by atoms with van der Waals surface area (Å²) in [6, 6.07) is 20.8. The van der Waals surface area contributed by atoms with E-state index in [0.717, 1.165) is 39.1 Å². The number of aryl methyl sites for hydroxylation is 1. The first kappa shape index (κ1) is 29.1. The van der Waals surface area contributed by atoms with Gasteiger partial charge >= 0.3 is 0 Å². The Labute approximate surface area is 244 Å². The predicted molar refractivity (Wildman–Crippen MR) is 165 cm³/mol. The summed E-state index contributed by atoms with van der Waals surface area (Å²) in [6.07, 6.45) is 3.53. The number of nitrogens with two attached hydrogens (primary N) is 1. The molecule has 0 saturated carbocycles. The molecule has 9 nitrogen and oxygen atoms in total. The van der Waals surface area contributed by atoms with E-state index in [1.165, 1.54) is 6.26 Å². The Balaban J connectivity index is 0.00000370. The van der Waals surface area contributed by atoms with Crippen LogP contribution in [0.5, 0.6) is 0 Å². The van der Waals surface area contributed by atoms with E-state index < -0.39 is 9.84 Å². The summed E-state index contributed by atoms with van der Waals surface area (Å²) < 4.78 is 25.0. The van der Waals surface area contributed by atoms with Crippen molar-refractivity contribution in [3.8, 4) is 0 Å². The number of aromatic nitrogens is 4. The zero-order valence-electron chi connectivity index (χ0n) is 22.2. The van der Waals surface area contributed by atoms with E-state index >= 15 is 0 Å². The van der Waals surface area contributed by atoms with Crippen molar-refractivity contribution < 1.29 is 8.42 Å². The maximum absolute atomic E-state index is 11.6. The summed E-state index contributed by atoms with van der Waals surface area (Å²) >= 11 is 6.12. The Morgan fingerprint density at radius 3 is 2.33 bits per heavy atom. The Morgan fingerprint density at radius 2 is 1.65 bits per heavy atom. The second-order valence-electron chi connectivity index (χ2n) is 9.45. The number of hydrogen-bond acceptors (Lipinski definition) is 8. The molecule has 12 heteroatoms. The fraction of sp³-hybridized carbons (Fsp3) is 0.179. The molecule has 3 aromatic carbocycles. The highest BCUT2D eigenvalue weighted by Crippen LogP contribution is 2.34. The smallest absolute Gasteiger partial charge is 0.229 e. The van der Waals surface area contributed by atoms with Crippen LogP contribution in [0.1, 0.15) is 16.7 Å². The Hall–Kier alpha value is -3.86. The van der Waals surface area contributed by atoms with Crippen LogP contribution >= 0.6 is 24.0 Å². The summed E-state index contributed by atoms with van der Waals surface area (Å²) in [6.45, 7) is 0. The molecule has 0 bridgehead atoms. The first-order valence-electron chi connectivity index (χ1n) is 12.2. The lowest BCUT2D eigenvalue weighted by Crippen LogP contribution is -2.15. The molecule has 0 aliphatic rings. The fourth-order valence-electron chi connectivity index (χ4n) is 4.45. The Morgan fingerprint density at radius 1 is 0.975 bits per heavy atom. The number of benzene rings is 3. The molecule has 0 fully saturated rings. The summed E-state index contributed by atoms with van der Waals surface area (Å²) in [4.78, 5) is 15.8. The molecule has 0 atom stereocenters. The number of hydrogen-bond donors (Lipinski definition) is 2. The minimum atomic E-state index is -3.10. The molecule has 5 aromatic rings. The van der Waals surface area contributed by atoms with Crippen LogP contribution in [-0.4, -0.2) is 41.2 Å². The van der Waals surface area contributed by atoms with Gasteiger partial charge in [0.1, 0.15) is 5.82 Å². The lowest BCUT2D eigenvalue weighted by molar-refractivity contribution is 0.601. The Kier molecular flexibility index (Phi) is 8.53. The highest BCUT2D eigenvalue weighted by atomic mass is 35.5. The van der Waals surface area contributed by atoms with Crippen molar-refractivity contribution in [2.24, 2.45) is 7.05 Å². The molecule has 0 saturated heterocycles. The van der Waals surface area contributed by atoms with Crippen LogP contribution in [0.4, 0.5) is 29.1 Å². The van der Waals surface area contributed by atoms with Gasteiger partial charge in [-0.15, -0.1) is 12.4 Å². The molecular weight excluding hydrogens is 569 g/mol. The van der Waals surface area contributed by atoms with Gasteiger partial charge in [0.2, 0.25) is 11.9 Å². The van der Waals surface area contributed by atoms with E-state index in [1.807, 2.05) is 78.2 Å². The SMILES string of the molecule is CN(c1ccnc(Nc2ccc(CS(C)(=O)=O)cc2)n1)c1ccc2c(nc(N)n2C)c1Cc1ccc(Cl)cc1.Cl. The van der Waals surface area contributed by atoms with Crippen molar-refractivity contribution in [2.45, 2.75) is 12.2 Å². The molecule has 0 radical (unpaired) electrons. The number of nitrogens with one attached hydrogen (secondary N) is 1. The molecule has 0 unspecified atom stereocenters. The third-order valence-electron chi connectivity index (χ3n) is 6.45. The monoisotopic (exact) mass is 597 g/mol. The van der Waals surface area contributed by atoms with Crippen molar-refractivity contribution >= 4 is 74.0 Å². The second kappa shape index (κ2) is 11.7. The zero-order valence-corrected chi connectivity index (χ0v) is 24.6. The van der Waals surface area contributed by atoms with Crippen LogP contribution in [0.2, 0.25) is 5.02 Å². The lowest BCUT2D eigenvalue weighted by atomic mass is 10.0. The molecule has 40 heavy (non-hydrogen) atoms. The van der Waals surface area contributed by atoms with Crippen molar-refractivity contribution in [1.29, 1.82) is 0 Å². The summed E-state index contributed by atoms with van der Waals surface area (Å²) in [5.41, 5.74) is 12.4. The van der Waals surface area contributed by atoms with Gasteiger partial charge < -0.3 is 20.5 Å². The van der Waals surface area contributed by atoms with Gasteiger partial charge in [-0.25, -0.2) is 18.4 Å². The lowest BCUT2D eigenvalue weighted by Gasteiger charge is -2.22. The van der Waals surface area contributed by atoms with Crippen LogP contribution in [-0.2, 0) is 29.1 Å². The van der Waals surface area contributed by atoms with Crippen molar-refractivity contribution in [3.05, 3.63) is 94.6 Å². The van der Waals surface area contributed by atoms with Gasteiger partial charge in [0.05, 0.1) is 16.8 Å². The van der Waals surface area contributed by atoms with Gasteiger partial charge in [0, 0.05) is 54.9 Å². The zero-order chi connectivity index (χ0) is 27.7. The predicted octanol–water partition coefficient (Wildman–Crippen LogP) is 5.67. The van der Waals surface area contributed by atoms with Gasteiger partial charge in [0.25, 0.3) is 0 Å². The van der Waals surface area contributed by atoms with Crippen molar-refractivity contribution in [2.75, 3.05) is 29.3 Å². The molecule has 2 heterocycles. The van der Waals surface area contributed by atoms with Gasteiger partial charge in [-0.2, -0.15) is 4.98 Å². The largest absolute Gasteiger partial charge is 0.369 e. The van der Waals surface area contributed by atoms with E-state index in [2.05, 4.69) is 15.3 Å². The summed E-state index contributed by atoms with van der Waals surface area (Å²) in [7, 11) is 0.748. The minimum Gasteiger partial charge on any atom is -0.369 e. The molecule has 2 aromatic heterocycles. The van der Waals surface area contributed by atoms with Crippen LogP contribution in [0.3, 0.4) is 0 Å². The number of nitrogens with zero attached hydrogens (tertiary/aromatic N) is 5. The van der Waals surface area contributed by atoms with Crippen molar-refractivity contribution in [1.82, 2.24) is 19.5 Å². The van der Waals surface area contributed by atoms with Crippen LogP contribution in [0.15, 0.2) is 72.9 Å².